The Morgan fingerprint density at radius 3 is 2.50 bits per heavy atom. The molecule has 28 heavy (non-hydrogen) atoms. The van der Waals surface area contributed by atoms with Crippen molar-refractivity contribution in [2.75, 3.05) is 14.2 Å². The fourth-order valence-electron chi connectivity index (χ4n) is 8.70. The van der Waals surface area contributed by atoms with Gasteiger partial charge in [-0.3, -0.25) is 4.79 Å². The fourth-order valence-corrected chi connectivity index (χ4v) is 8.70. The minimum absolute atomic E-state index is 0.0353. The monoisotopic (exact) mass is 389 g/mol. The Morgan fingerprint density at radius 2 is 1.75 bits per heavy atom. The largest absolute Gasteiger partial charge is 0.469 e. The predicted molar refractivity (Wildman–Crippen MR) is 114 cm³/mol. The number of hydrogen-bond acceptors (Lipinski definition) is 3. The number of hydrogen-bond donors (Lipinski definition) is 1. The first-order valence-corrected chi connectivity index (χ1v) is 12.2. The molecule has 4 aliphatic rings. The maximum atomic E-state index is 11.5. The summed E-state index contributed by atoms with van der Waals surface area (Å²) in [5, 5.41) is 3.57. The average Bonchev–Trinajstić information content (AvgIpc) is 3.03. The van der Waals surface area contributed by atoms with E-state index in [-0.39, 0.29) is 5.97 Å². The summed E-state index contributed by atoms with van der Waals surface area (Å²) in [4.78, 5) is 11.5. The quantitative estimate of drug-likeness (QED) is 0.624. The van der Waals surface area contributed by atoms with Crippen LogP contribution in [0.1, 0.15) is 90.9 Å². The fraction of sp³-hybridized carbons (Fsp3) is 0.960. The van der Waals surface area contributed by atoms with E-state index in [2.05, 4.69) is 26.2 Å². The summed E-state index contributed by atoms with van der Waals surface area (Å²) in [6, 6.07) is 0.758. The lowest BCUT2D eigenvalue weighted by Gasteiger charge is -2.61. The summed E-state index contributed by atoms with van der Waals surface area (Å²) >= 11 is 0. The second kappa shape index (κ2) is 7.93. The van der Waals surface area contributed by atoms with Gasteiger partial charge in [0.15, 0.2) is 0 Å². The molecule has 0 aliphatic heterocycles. The highest BCUT2D eigenvalue weighted by atomic mass is 16.5. The van der Waals surface area contributed by atoms with Crippen molar-refractivity contribution in [1.29, 1.82) is 0 Å². The molecule has 0 aromatic heterocycles. The van der Waals surface area contributed by atoms with Crippen LogP contribution in [-0.4, -0.2) is 26.2 Å². The molecule has 3 heteroatoms. The molecule has 4 aliphatic carbocycles. The predicted octanol–water partition coefficient (Wildman–Crippen LogP) is 5.58. The number of ether oxygens (including phenoxy) is 1. The first-order valence-electron chi connectivity index (χ1n) is 12.2. The van der Waals surface area contributed by atoms with Crippen LogP contribution >= 0.6 is 0 Å². The van der Waals surface area contributed by atoms with E-state index in [1.807, 2.05) is 0 Å². The van der Waals surface area contributed by atoms with Gasteiger partial charge in [-0.05, 0) is 118 Å². The smallest absolute Gasteiger partial charge is 0.305 e. The van der Waals surface area contributed by atoms with Crippen molar-refractivity contribution in [2.24, 2.45) is 40.4 Å². The van der Waals surface area contributed by atoms with Crippen molar-refractivity contribution in [2.45, 2.75) is 96.9 Å². The molecule has 0 aromatic carbocycles. The van der Waals surface area contributed by atoms with Gasteiger partial charge in [-0.2, -0.15) is 0 Å². The standard InChI is InChI=1S/C25H43NO2/c1-24-15-13-22-20(10-8-18-16-19(26-3)12-14-25(18,22)2)21(24)11-9-17(24)6-5-7-23(27)28-4/h17-22,26H,5-16H2,1-4H3. The van der Waals surface area contributed by atoms with Gasteiger partial charge < -0.3 is 10.1 Å². The van der Waals surface area contributed by atoms with Crippen molar-refractivity contribution >= 4 is 5.97 Å². The summed E-state index contributed by atoms with van der Waals surface area (Å²) in [7, 11) is 3.67. The molecule has 3 nitrogen and oxygen atoms in total. The molecule has 8 unspecified atom stereocenters. The van der Waals surface area contributed by atoms with Crippen LogP contribution in [0.2, 0.25) is 0 Å². The first-order chi connectivity index (χ1) is 13.4. The van der Waals surface area contributed by atoms with E-state index in [4.69, 9.17) is 4.74 Å². The van der Waals surface area contributed by atoms with E-state index in [9.17, 15) is 4.79 Å². The van der Waals surface area contributed by atoms with Gasteiger partial charge in [-0.15, -0.1) is 0 Å². The Balaban J connectivity index is 1.44. The summed E-state index contributed by atoms with van der Waals surface area (Å²) in [6.07, 6.45) is 15.8. The molecule has 0 bridgehead atoms. The molecule has 0 saturated heterocycles. The lowest BCUT2D eigenvalue weighted by molar-refractivity contribution is -0.141. The summed E-state index contributed by atoms with van der Waals surface area (Å²) in [5.41, 5.74) is 1.13. The van der Waals surface area contributed by atoms with E-state index in [1.165, 1.54) is 71.3 Å². The van der Waals surface area contributed by atoms with Gasteiger partial charge in [0.2, 0.25) is 0 Å². The number of esters is 1. The Morgan fingerprint density at radius 1 is 1.00 bits per heavy atom. The molecular formula is C25H43NO2. The highest BCUT2D eigenvalue weighted by Crippen LogP contribution is 2.67. The molecule has 0 amide bonds. The minimum atomic E-state index is -0.0353. The lowest BCUT2D eigenvalue weighted by Crippen LogP contribution is -2.54. The van der Waals surface area contributed by atoms with Gasteiger partial charge in [0.1, 0.15) is 0 Å². The van der Waals surface area contributed by atoms with Crippen molar-refractivity contribution in [3.63, 3.8) is 0 Å². The number of carbonyl (C=O) groups is 1. The molecule has 4 fully saturated rings. The van der Waals surface area contributed by atoms with Gasteiger partial charge in [0.25, 0.3) is 0 Å². The van der Waals surface area contributed by atoms with Crippen molar-refractivity contribution in [1.82, 2.24) is 5.32 Å². The normalized spacial score (nSPS) is 47.7. The molecular weight excluding hydrogens is 346 g/mol. The van der Waals surface area contributed by atoms with Gasteiger partial charge >= 0.3 is 5.97 Å². The van der Waals surface area contributed by atoms with Gasteiger partial charge in [0.05, 0.1) is 7.11 Å². The van der Waals surface area contributed by atoms with E-state index in [1.54, 1.807) is 0 Å². The molecule has 0 radical (unpaired) electrons. The second-order valence-electron chi connectivity index (χ2n) is 11.2. The Bertz CT molecular complexity index is 577. The number of carbonyl (C=O) groups excluding carboxylic acids is 1. The number of methoxy groups -OCH3 is 1. The summed E-state index contributed by atoms with van der Waals surface area (Å²) in [6.45, 7) is 5.29. The maximum absolute atomic E-state index is 11.5. The third-order valence-corrected chi connectivity index (χ3v) is 10.4. The first kappa shape index (κ1) is 20.7. The topological polar surface area (TPSA) is 38.3 Å². The Kier molecular flexibility index (Phi) is 5.86. The maximum Gasteiger partial charge on any atom is 0.305 e. The molecule has 160 valence electrons. The van der Waals surface area contributed by atoms with Crippen LogP contribution < -0.4 is 5.32 Å². The highest BCUT2D eigenvalue weighted by Gasteiger charge is 2.59. The zero-order valence-electron chi connectivity index (χ0n) is 18.8. The molecule has 4 saturated carbocycles. The van der Waals surface area contributed by atoms with Crippen LogP contribution in [0.15, 0.2) is 0 Å². The highest BCUT2D eigenvalue weighted by molar-refractivity contribution is 5.68. The number of fused-ring (bicyclic) bond motifs is 5. The van der Waals surface area contributed by atoms with Crippen LogP contribution in [0.5, 0.6) is 0 Å². The molecule has 4 rings (SSSR count). The minimum Gasteiger partial charge on any atom is -0.469 e. The van der Waals surface area contributed by atoms with Crippen LogP contribution in [0.25, 0.3) is 0 Å². The zero-order valence-corrected chi connectivity index (χ0v) is 18.8. The third kappa shape index (κ3) is 3.34. The molecule has 0 spiro atoms. The van der Waals surface area contributed by atoms with Crippen LogP contribution in [0, 0.1) is 40.4 Å². The van der Waals surface area contributed by atoms with Crippen molar-refractivity contribution < 1.29 is 9.53 Å². The van der Waals surface area contributed by atoms with Gasteiger partial charge in [0, 0.05) is 12.5 Å². The SMILES string of the molecule is CNC1CCC2(C)C(CCC3C4CCC(CCCC(=O)OC)C4(C)CCC32)C1. The van der Waals surface area contributed by atoms with Crippen LogP contribution in [0.3, 0.4) is 0 Å². The molecule has 8 atom stereocenters. The van der Waals surface area contributed by atoms with E-state index in [0.29, 0.717) is 17.3 Å². The van der Waals surface area contributed by atoms with Crippen LogP contribution in [0.4, 0.5) is 0 Å². The Labute approximate surface area is 172 Å². The molecule has 0 heterocycles. The van der Waals surface area contributed by atoms with Gasteiger partial charge in [-0.1, -0.05) is 13.8 Å². The van der Waals surface area contributed by atoms with Gasteiger partial charge in [-0.25, -0.2) is 0 Å². The van der Waals surface area contributed by atoms with Crippen LogP contribution in [-0.2, 0) is 9.53 Å². The zero-order chi connectivity index (χ0) is 19.9. The number of rotatable bonds is 5. The summed E-state index contributed by atoms with van der Waals surface area (Å²) < 4.78 is 4.85. The van der Waals surface area contributed by atoms with E-state index >= 15 is 0 Å². The van der Waals surface area contributed by atoms with E-state index in [0.717, 1.165) is 42.1 Å². The molecule has 0 aromatic rings. The summed E-state index contributed by atoms with van der Waals surface area (Å²) in [5.74, 6) is 4.61. The van der Waals surface area contributed by atoms with Crippen molar-refractivity contribution in [3.8, 4) is 0 Å². The Hall–Kier alpha value is -0.570. The van der Waals surface area contributed by atoms with E-state index < -0.39 is 0 Å². The molecule has 1 N–H and O–H groups in total. The van der Waals surface area contributed by atoms with Crippen molar-refractivity contribution in [3.05, 3.63) is 0 Å². The third-order valence-electron chi connectivity index (χ3n) is 10.4. The average molecular weight is 390 g/mol. The number of nitrogens with one attached hydrogen (secondary N) is 1. The lowest BCUT2D eigenvalue weighted by atomic mass is 9.44. The second-order valence-corrected chi connectivity index (χ2v) is 11.2.